The summed E-state index contributed by atoms with van der Waals surface area (Å²) in [6, 6.07) is 0. The van der Waals surface area contributed by atoms with Gasteiger partial charge in [0.15, 0.2) is 0 Å². The van der Waals surface area contributed by atoms with Crippen LogP contribution in [0.15, 0.2) is 11.1 Å². The predicted octanol–water partition coefficient (Wildman–Crippen LogP) is 1.58. The van der Waals surface area contributed by atoms with Gasteiger partial charge in [-0.15, -0.1) is 0 Å². The molecular formula is C10H12O3. The number of carbonyl (C=O) groups is 2. The van der Waals surface area contributed by atoms with Crippen molar-refractivity contribution >= 4 is 11.9 Å². The molecule has 0 aromatic carbocycles. The van der Waals surface area contributed by atoms with Crippen LogP contribution in [-0.4, -0.2) is 11.9 Å². The number of hydrogen-bond donors (Lipinski definition) is 0. The van der Waals surface area contributed by atoms with Crippen LogP contribution in [0.3, 0.4) is 0 Å². The molecule has 0 amide bonds. The molecule has 0 N–H and O–H groups in total. The Kier molecular flexibility index (Phi) is 1.94. The third-order valence-electron chi connectivity index (χ3n) is 2.92. The van der Waals surface area contributed by atoms with Gasteiger partial charge in [-0.05, 0) is 25.2 Å². The van der Waals surface area contributed by atoms with Gasteiger partial charge in [-0.25, -0.2) is 9.59 Å². The third kappa shape index (κ3) is 1.28. The van der Waals surface area contributed by atoms with Crippen LogP contribution in [0.25, 0.3) is 0 Å². The van der Waals surface area contributed by atoms with Crippen molar-refractivity contribution in [2.75, 3.05) is 0 Å². The average Bonchev–Trinajstić information content (AvgIpc) is 2.42. The van der Waals surface area contributed by atoms with Gasteiger partial charge in [0, 0.05) is 11.1 Å². The Bertz CT molecular complexity index is 301. The first-order valence-corrected chi connectivity index (χ1v) is 4.71. The van der Waals surface area contributed by atoms with Crippen LogP contribution >= 0.6 is 0 Å². The fourth-order valence-corrected chi connectivity index (χ4v) is 2.00. The summed E-state index contributed by atoms with van der Waals surface area (Å²) in [6.45, 7) is 2.11. The van der Waals surface area contributed by atoms with Gasteiger partial charge in [0.25, 0.3) is 0 Å². The second-order valence-electron chi connectivity index (χ2n) is 3.65. The molecule has 0 aromatic rings. The summed E-state index contributed by atoms with van der Waals surface area (Å²) in [7, 11) is 0. The molecule has 0 bridgehead atoms. The molecule has 1 aliphatic heterocycles. The van der Waals surface area contributed by atoms with Crippen LogP contribution in [0.4, 0.5) is 0 Å². The maximum absolute atomic E-state index is 11.2. The Labute approximate surface area is 76.8 Å². The van der Waals surface area contributed by atoms with Gasteiger partial charge < -0.3 is 4.74 Å². The van der Waals surface area contributed by atoms with Crippen LogP contribution in [0.5, 0.6) is 0 Å². The zero-order chi connectivity index (χ0) is 9.42. The molecule has 1 unspecified atom stereocenters. The summed E-state index contributed by atoms with van der Waals surface area (Å²) in [5.41, 5.74) is 1.28. The molecular weight excluding hydrogens is 168 g/mol. The van der Waals surface area contributed by atoms with Gasteiger partial charge in [0.05, 0.1) is 0 Å². The first-order chi connectivity index (χ1) is 6.22. The lowest BCUT2D eigenvalue weighted by Crippen LogP contribution is -2.11. The van der Waals surface area contributed by atoms with E-state index in [1.165, 1.54) is 0 Å². The quantitative estimate of drug-likeness (QED) is 0.454. The Hall–Kier alpha value is -1.12. The molecule has 0 radical (unpaired) electrons. The van der Waals surface area contributed by atoms with Crippen molar-refractivity contribution in [2.45, 2.75) is 32.6 Å². The molecule has 1 atom stereocenters. The van der Waals surface area contributed by atoms with E-state index in [4.69, 9.17) is 0 Å². The molecule has 0 aromatic heterocycles. The number of hydrogen-bond acceptors (Lipinski definition) is 3. The molecule has 1 heterocycles. The summed E-state index contributed by atoms with van der Waals surface area (Å²) in [4.78, 5) is 22.3. The Morgan fingerprint density at radius 3 is 2.69 bits per heavy atom. The van der Waals surface area contributed by atoms with Crippen LogP contribution < -0.4 is 0 Å². The normalized spacial score (nSPS) is 27.6. The van der Waals surface area contributed by atoms with Gasteiger partial charge in [-0.2, -0.15) is 0 Å². The van der Waals surface area contributed by atoms with Crippen molar-refractivity contribution in [2.24, 2.45) is 5.92 Å². The standard InChI is InChI=1S/C10H12O3/c1-2-6-3-4-7-8(5-6)10(12)13-9(7)11/h6H,2-5H2,1H3. The zero-order valence-electron chi connectivity index (χ0n) is 7.63. The zero-order valence-corrected chi connectivity index (χ0v) is 7.63. The van der Waals surface area contributed by atoms with Crippen molar-refractivity contribution in [3.8, 4) is 0 Å². The van der Waals surface area contributed by atoms with Crippen LogP contribution in [0, 0.1) is 5.92 Å². The molecule has 0 saturated heterocycles. The SMILES string of the molecule is CCC1CCC2=C(C1)C(=O)OC2=O. The van der Waals surface area contributed by atoms with Crippen molar-refractivity contribution < 1.29 is 14.3 Å². The number of esters is 2. The largest absolute Gasteiger partial charge is 0.386 e. The van der Waals surface area contributed by atoms with Crippen LogP contribution in [0.1, 0.15) is 32.6 Å². The highest BCUT2D eigenvalue weighted by atomic mass is 16.6. The Morgan fingerprint density at radius 2 is 2.00 bits per heavy atom. The summed E-state index contributed by atoms with van der Waals surface area (Å²) in [6.07, 6.45) is 3.53. The highest BCUT2D eigenvalue weighted by Gasteiger charge is 2.36. The maximum Gasteiger partial charge on any atom is 0.342 e. The number of carbonyl (C=O) groups excluding carboxylic acids is 2. The highest BCUT2D eigenvalue weighted by molar-refractivity contribution is 6.12. The van der Waals surface area contributed by atoms with E-state index in [2.05, 4.69) is 11.7 Å². The molecule has 0 spiro atoms. The fraction of sp³-hybridized carbons (Fsp3) is 0.600. The summed E-state index contributed by atoms with van der Waals surface area (Å²) < 4.78 is 4.55. The van der Waals surface area contributed by atoms with Crippen molar-refractivity contribution in [1.82, 2.24) is 0 Å². The van der Waals surface area contributed by atoms with E-state index in [0.717, 1.165) is 25.7 Å². The number of rotatable bonds is 1. The van der Waals surface area contributed by atoms with E-state index >= 15 is 0 Å². The van der Waals surface area contributed by atoms with E-state index < -0.39 is 11.9 Å². The molecule has 13 heavy (non-hydrogen) atoms. The molecule has 70 valence electrons. The average molecular weight is 180 g/mol. The lowest BCUT2D eigenvalue weighted by Gasteiger charge is -2.18. The lowest BCUT2D eigenvalue weighted by atomic mass is 9.83. The van der Waals surface area contributed by atoms with Crippen LogP contribution in [-0.2, 0) is 14.3 Å². The van der Waals surface area contributed by atoms with Gasteiger partial charge in [-0.1, -0.05) is 13.3 Å². The summed E-state index contributed by atoms with van der Waals surface area (Å²) >= 11 is 0. The molecule has 1 aliphatic carbocycles. The third-order valence-corrected chi connectivity index (χ3v) is 2.92. The molecule has 3 nitrogen and oxygen atoms in total. The van der Waals surface area contributed by atoms with Gasteiger partial charge in [-0.3, -0.25) is 0 Å². The van der Waals surface area contributed by atoms with Crippen molar-refractivity contribution in [3.05, 3.63) is 11.1 Å². The molecule has 2 rings (SSSR count). The van der Waals surface area contributed by atoms with Gasteiger partial charge in [0.1, 0.15) is 0 Å². The molecule has 3 heteroatoms. The lowest BCUT2D eigenvalue weighted by molar-refractivity contribution is -0.151. The minimum atomic E-state index is -0.408. The highest BCUT2D eigenvalue weighted by Crippen LogP contribution is 2.35. The van der Waals surface area contributed by atoms with Crippen LogP contribution in [0.2, 0.25) is 0 Å². The molecule has 2 aliphatic rings. The second kappa shape index (κ2) is 2.98. The minimum absolute atomic E-state index is 0.404. The first kappa shape index (κ1) is 8.48. The van der Waals surface area contributed by atoms with E-state index in [0.29, 0.717) is 17.1 Å². The Balaban J connectivity index is 2.26. The van der Waals surface area contributed by atoms with Crippen molar-refractivity contribution in [3.63, 3.8) is 0 Å². The summed E-state index contributed by atoms with van der Waals surface area (Å²) in [5, 5.41) is 0. The van der Waals surface area contributed by atoms with Crippen molar-refractivity contribution in [1.29, 1.82) is 0 Å². The van der Waals surface area contributed by atoms with E-state index in [9.17, 15) is 9.59 Å². The molecule has 0 fully saturated rings. The number of cyclic esters (lactones) is 2. The fourth-order valence-electron chi connectivity index (χ4n) is 2.00. The second-order valence-corrected chi connectivity index (χ2v) is 3.65. The topological polar surface area (TPSA) is 43.4 Å². The minimum Gasteiger partial charge on any atom is -0.386 e. The molecule has 0 saturated carbocycles. The van der Waals surface area contributed by atoms with Gasteiger partial charge >= 0.3 is 11.9 Å². The van der Waals surface area contributed by atoms with E-state index in [1.54, 1.807) is 0 Å². The van der Waals surface area contributed by atoms with E-state index in [-0.39, 0.29) is 0 Å². The number of ether oxygens (including phenoxy) is 1. The van der Waals surface area contributed by atoms with E-state index in [1.807, 2.05) is 0 Å². The first-order valence-electron chi connectivity index (χ1n) is 4.71. The summed E-state index contributed by atoms with van der Waals surface area (Å²) in [5.74, 6) is -0.259. The smallest absolute Gasteiger partial charge is 0.342 e. The van der Waals surface area contributed by atoms with Gasteiger partial charge in [0.2, 0.25) is 0 Å². The Morgan fingerprint density at radius 1 is 1.31 bits per heavy atom. The predicted molar refractivity (Wildman–Crippen MR) is 45.8 cm³/mol. The monoisotopic (exact) mass is 180 g/mol. The maximum atomic E-state index is 11.2.